The summed E-state index contributed by atoms with van der Waals surface area (Å²) in [6, 6.07) is 2.26. The molecule has 1 aliphatic rings. The van der Waals surface area contributed by atoms with E-state index >= 15 is 0 Å². The summed E-state index contributed by atoms with van der Waals surface area (Å²) in [5.41, 5.74) is 1.34. The second kappa shape index (κ2) is 7.24. The summed E-state index contributed by atoms with van der Waals surface area (Å²) >= 11 is 1.86. The van der Waals surface area contributed by atoms with Crippen molar-refractivity contribution >= 4 is 11.3 Å². The van der Waals surface area contributed by atoms with E-state index < -0.39 is 0 Å². The van der Waals surface area contributed by atoms with E-state index in [0.717, 1.165) is 45.8 Å². The number of ether oxygens (including phenoxy) is 2. The van der Waals surface area contributed by atoms with Gasteiger partial charge in [-0.1, -0.05) is 0 Å². The maximum Gasteiger partial charge on any atom is 0.0727 e. The molecule has 1 aromatic rings. The smallest absolute Gasteiger partial charge is 0.0727 e. The van der Waals surface area contributed by atoms with Crippen molar-refractivity contribution in [1.29, 1.82) is 0 Å². The molecule has 1 fully saturated rings. The lowest BCUT2D eigenvalue weighted by Crippen LogP contribution is -2.20. The van der Waals surface area contributed by atoms with Crippen molar-refractivity contribution in [2.24, 2.45) is 5.92 Å². The van der Waals surface area contributed by atoms with Crippen molar-refractivity contribution in [3.63, 3.8) is 0 Å². The zero-order valence-electron chi connectivity index (χ0n) is 11.3. The number of rotatable bonds is 6. The minimum absolute atomic E-state index is 0.689. The van der Waals surface area contributed by atoms with Gasteiger partial charge in [-0.05, 0) is 44.4 Å². The molecule has 4 heteroatoms. The van der Waals surface area contributed by atoms with Crippen LogP contribution in [0.3, 0.4) is 0 Å². The van der Waals surface area contributed by atoms with Crippen LogP contribution in [0, 0.1) is 12.8 Å². The van der Waals surface area contributed by atoms with Crippen LogP contribution in [0.15, 0.2) is 6.07 Å². The van der Waals surface area contributed by atoms with Crippen molar-refractivity contribution in [1.82, 2.24) is 5.32 Å². The normalized spacial score (nSPS) is 17.2. The van der Waals surface area contributed by atoms with Crippen LogP contribution < -0.4 is 5.32 Å². The number of hydrogen-bond donors (Lipinski definition) is 1. The fourth-order valence-electron chi connectivity index (χ4n) is 2.24. The standard InChI is InChI=1S/C14H23NO2S/c1-11-13(7-14(18-11)8-15-2)10-17-9-12-3-5-16-6-4-12/h7,12,15H,3-6,8-10H2,1-2H3. The Balaban J connectivity index is 1.75. The van der Waals surface area contributed by atoms with Crippen molar-refractivity contribution in [3.8, 4) is 0 Å². The Bertz CT molecular complexity index is 359. The molecule has 0 radical (unpaired) electrons. The number of aryl methyl sites for hydroxylation is 1. The van der Waals surface area contributed by atoms with Gasteiger partial charge in [0, 0.05) is 29.5 Å². The highest BCUT2D eigenvalue weighted by Gasteiger charge is 2.14. The van der Waals surface area contributed by atoms with Crippen LogP contribution in [0.1, 0.15) is 28.2 Å². The SMILES string of the molecule is CNCc1cc(COCC2CCOCC2)c(C)s1. The minimum atomic E-state index is 0.689. The Hall–Kier alpha value is -0.420. The first-order chi connectivity index (χ1) is 8.79. The fraction of sp³-hybridized carbons (Fsp3) is 0.714. The van der Waals surface area contributed by atoms with E-state index in [4.69, 9.17) is 9.47 Å². The molecule has 1 saturated heterocycles. The molecule has 0 unspecified atom stereocenters. The van der Waals surface area contributed by atoms with Crippen molar-refractivity contribution in [3.05, 3.63) is 21.4 Å². The van der Waals surface area contributed by atoms with E-state index in [2.05, 4.69) is 18.3 Å². The first-order valence-corrected chi connectivity index (χ1v) is 7.49. The first-order valence-electron chi connectivity index (χ1n) is 6.68. The molecule has 0 bridgehead atoms. The molecule has 0 saturated carbocycles. The predicted molar refractivity (Wildman–Crippen MR) is 75.0 cm³/mol. The van der Waals surface area contributed by atoms with Crippen molar-refractivity contribution in [2.75, 3.05) is 26.9 Å². The first kappa shape index (κ1) is 14.0. The lowest BCUT2D eigenvalue weighted by molar-refractivity contribution is 0.0157. The Morgan fingerprint density at radius 2 is 2.22 bits per heavy atom. The van der Waals surface area contributed by atoms with E-state index in [0.29, 0.717) is 5.92 Å². The summed E-state index contributed by atoms with van der Waals surface area (Å²) in [6.45, 7) is 6.56. The highest BCUT2D eigenvalue weighted by molar-refractivity contribution is 7.12. The topological polar surface area (TPSA) is 30.5 Å². The largest absolute Gasteiger partial charge is 0.381 e. The maximum absolute atomic E-state index is 5.86. The van der Waals surface area contributed by atoms with Gasteiger partial charge in [-0.15, -0.1) is 11.3 Å². The highest BCUT2D eigenvalue weighted by atomic mass is 32.1. The molecule has 1 aliphatic heterocycles. The van der Waals surface area contributed by atoms with Crippen molar-refractivity contribution in [2.45, 2.75) is 32.9 Å². The molecule has 0 aromatic carbocycles. The van der Waals surface area contributed by atoms with Gasteiger partial charge in [0.1, 0.15) is 0 Å². The van der Waals surface area contributed by atoms with E-state index in [-0.39, 0.29) is 0 Å². The van der Waals surface area contributed by atoms with Gasteiger partial charge in [-0.2, -0.15) is 0 Å². The lowest BCUT2D eigenvalue weighted by Gasteiger charge is -2.21. The summed E-state index contributed by atoms with van der Waals surface area (Å²) < 4.78 is 11.2. The van der Waals surface area contributed by atoms with Gasteiger partial charge in [0.05, 0.1) is 13.2 Å². The second-order valence-electron chi connectivity index (χ2n) is 4.90. The zero-order chi connectivity index (χ0) is 12.8. The molecule has 2 heterocycles. The summed E-state index contributed by atoms with van der Waals surface area (Å²) in [6.07, 6.45) is 2.29. The van der Waals surface area contributed by atoms with Crippen LogP contribution in [0.2, 0.25) is 0 Å². The molecular formula is C14H23NO2S. The number of nitrogens with one attached hydrogen (secondary N) is 1. The van der Waals surface area contributed by atoms with E-state index in [9.17, 15) is 0 Å². The quantitative estimate of drug-likeness (QED) is 0.861. The molecule has 0 atom stereocenters. The van der Waals surface area contributed by atoms with Crippen LogP contribution in [0.25, 0.3) is 0 Å². The summed E-state index contributed by atoms with van der Waals surface area (Å²) in [7, 11) is 1.98. The lowest BCUT2D eigenvalue weighted by atomic mass is 10.0. The van der Waals surface area contributed by atoms with E-state index in [1.807, 2.05) is 18.4 Å². The highest BCUT2D eigenvalue weighted by Crippen LogP contribution is 2.23. The predicted octanol–water partition coefficient (Wildman–Crippen LogP) is 2.72. The molecule has 0 spiro atoms. The van der Waals surface area contributed by atoms with Crippen LogP contribution in [-0.2, 0) is 22.6 Å². The molecule has 0 amide bonds. The molecule has 2 rings (SSSR count). The Kier molecular flexibility index (Phi) is 5.63. The molecular weight excluding hydrogens is 246 g/mol. The minimum Gasteiger partial charge on any atom is -0.381 e. The van der Waals surface area contributed by atoms with Crippen LogP contribution in [0.5, 0.6) is 0 Å². The monoisotopic (exact) mass is 269 g/mol. The zero-order valence-corrected chi connectivity index (χ0v) is 12.1. The van der Waals surface area contributed by atoms with Crippen LogP contribution in [0.4, 0.5) is 0 Å². The van der Waals surface area contributed by atoms with Gasteiger partial charge in [-0.25, -0.2) is 0 Å². The molecule has 0 aliphatic carbocycles. The average Bonchev–Trinajstić information content (AvgIpc) is 2.72. The van der Waals surface area contributed by atoms with Gasteiger partial charge in [0.25, 0.3) is 0 Å². The van der Waals surface area contributed by atoms with Crippen LogP contribution in [-0.4, -0.2) is 26.9 Å². The molecule has 3 nitrogen and oxygen atoms in total. The Labute approximate surface area is 113 Å². The third kappa shape index (κ3) is 4.05. The van der Waals surface area contributed by atoms with Gasteiger partial charge in [-0.3, -0.25) is 0 Å². The third-order valence-corrected chi connectivity index (χ3v) is 4.47. The molecule has 1 aromatic heterocycles. The Morgan fingerprint density at radius 1 is 1.44 bits per heavy atom. The summed E-state index contributed by atoms with van der Waals surface area (Å²) in [5.74, 6) is 0.689. The van der Waals surface area contributed by atoms with Crippen LogP contribution >= 0.6 is 11.3 Å². The average molecular weight is 269 g/mol. The van der Waals surface area contributed by atoms with E-state index in [1.165, 1.54) is 15.3 Å². The maximum atomic E-state index is 5.86. The molecule has 18 heavy (non-hydrogen) atoms. The van der Waals surface area contributed by atoms with Gasteiger partial charge < -0.3 is 14.8 Å². The Morgan fingerprint density at radius 3 is 2.94 bits per heavy atom. The van der Waals surface area contributed by atoms with Gasteiger partial charge >= 0.3 is 0 Å². The third-order valence-electron chi connectivity index (χ3n) is 3.37. The molecule has 102 valence electrons. The summed E-state index contributed by atoms with van der Waals surface area (Å²) in [5, 5.41) is 3.19. The number of thiophene rings is 1. The van der Waals surface area contributed by atoms with Gasteiger partial charge in [0.15, 0.2) is 0 Å². The van der Waals surface area contributed by atoms with E-state index in [1.54, 1.807) is 0 Å². The molecule has 1 N–H and O–H groups in total. The van der Waals surface area contributed by atoms with Gasteiger partial charge in [0.2, 0.25) is 0 Å². The van der Waals surface area contributed by atoms with Crippen molar-refractivity contribution < 1.29 is 9.47 Å². The number of hydrogen-bond acceptors (Lipinski definition) is 4. The summed E-state index contributed by atoms with van der Waals surface area (Å²) in [4.78, 5) is 2.77. The second-order valence-corrected chi connectivity index (χ2v) is 6.24. The fourth-order valence-corrected chi connectivity index (χ4v) is 3.30.